The smallest absolute Gasteiger partial charge is 0.246 e. The topological polar surface area (TPSA) is 236 Å². The number of rotatable bonds is 36. The monoisotopic (exact) mass is 841 g/mol. The first-order valence-corrected chi connectivity index (χ1v) is 20.7. The summed E-state index contributed by atoms with van der Waals surface area (Å²) in [6.07, 6.45) is 1.94. The molecule has 0 saturated heterocycles. The molecule has 0 rings (SSSR count). The normalized spacial score (nSPS) is 13.2. The maximum absolute atomic E-state index is 13.3. The quantitative estimate of drug-likeness (QED) is 0.0310. The molecule has 340 valence electrons. The average Bonchev–Trinajstić information content (AvgIpc) is 3.15. The van der Waals surface area contributed by atoms with Gasteiger partial charge in [-0.15, -0.1) is 0 Å². The van der Waals surface area contributed by atoms with E-state index in [0.717, 1.165) is 6.42 Å². The number of amides is 6. The molecule has 59 heavy (non-hydrogen) atoms. The van der Waals surface area contributed by atoms with Gasteiger partial charge in [0.2, 0.25) is 35.4 Å². The minimum Gasteiger partial charge on any atom is -0.378 e. The Morgan fingerprint density at radius 2 is 1.07 bits per heavy atom. The highest BCUT2D eigenvalue weighted by Crippen LogP contribution is 2.07. The first-order chi connectivity index (χ1) is 27.9. The lowest BCUT2D eigenvalue weighted by Crippen LogP contribution is -2.55. The van der Waals surface area contributed by atoms with Crippen molar-refractivity contribution in [2.24, 2.45) is 11.8 Å². The fraction of sp³-hybridized carbons (Fsp3) is 0.756. The van der Waals surface area contributed by atoms with Gasteiger partial charge in [0.05, 0.1) is 39.6 Å². The number of carbonyl (C=O) groups excluding carboxylic acids is 6. The summed E-state index contributed by atoms with van der Waals surface area (Å²) in [4.78, 5) is 73.5. The van der Waals surface area contributed by atoms with Gasteiger partial charge in [-0.3, -0.25) is 28.8 Å². The van der Waals surface area contributed by atoms with E-state index in [0.29, 0.717) is 82.4 Å². The third-order valence-electron chi connectivity index (χ3n) is 8.26. The van der Waals surface area contributed by atoms with Crippen LogP contribution in [-0.4, -0.2) is 152 Å². The number of hydrogen-bond acceptors (Lipinski definition) is 12. The molecule has 0 radical (unpaired) electrons. The summed E-state index contributed by atoms with van der Waals surface area (Å²) in [6, 6.07) is -1.76. The highest BCUT2D eigenvalue weighted by molar-refractivity contribution is 5.93. The number of carbonyl (C=O) groups is 6. The van der Waals surface area contributed by atoms with Gasteiger partial charge in [0.25, 0.3) is 0 Å². The molecule has 18 nitrogen and oxygen atoms in total. The molecule has 0 aromatic rings. The third-order valence-corrected chi connectivity index (χ3v) is 8.26. The van der Waals surface area contributed by atoms with Crippen molar-refractivity contribution >= 4 is 35.4 Å². The van der Waals surface area contributed by atoms with Crippen LogP contribution in [-0.2, 0) is 47.7 Å². The van der Waals surface area contributed by atoms with Crippen LogP contribution in [0.2, 0.25) is 0 Å². The second kappa shape index (κ2) is 33.8. The number of ether oxygens (including phenoxy) is 4. The van der Waals surface area contributed by atoms with Gasteiger partial charge < -0.3 is 61.5 Å². The lowest BCUT2D eigenvalue weighted by atomic mass is 10.0. The predicted octanol–water partition coefficient (Wildman–Crippen LogP) is 0.0779. The summed E-state index contributed by atoms with van der Waals surface area (Å²) in [5, 5.41) is 23.5. The highest BCUT2D eigenvalue weighted by Gasteiger charge is 2.26. The fourth-order valence-corrected chi connectivity index (χ4v) is 5.19. The maximum atomic E-state index is 13.3. The van der Waals surface area contributed by atoms with Crippen molar-refractivity contribution in [3.8, 4) is 0 Å². The molecule has 0 bridgehead atoms. The molecule has 0 spiro atoms. The first-order valence-electron chi connectivity index (χ1n) is 20.7. The van der Waals surface area contributed by atoms with E-state index in [1.54, 1.807) is 20.8 Å². The van der Waals surface area contributed by atoms with Gasteiger partial charge in [-0.25, -0.2) is 0 Å². The zero-order valence-electron chi connectivity index (χ0n) is 37.0. The fourth-order valence-electron chi connectivity index (χ4n) is 5.19. The van der Waals surface area contributed by atoms with Crippen LogP contribution in [0, 0.1) is 11.8 Å². The van der Waals surface area contributed by atoms with E-state index >= 15 is 0 Å². The van der Waals surface area contributed by atoms with Gasteiger partial charge in [-0.1, -0.05) is 40.9 Å². The molecule has 4 unspecified atom stereocenters. The van der Waals surface area contributed by atoms with Crippen LogP contribution in [0.5, 0.6) is 0 Å². The van der Waals surface area contributed by atoms with Crippen molar-refractivity contribution in [1.29, 1.82) is 0 Å². The maximum Gasteiger partial charge on any atom is 0.246 e. The van der Waals surface area contributed by atoms with E-state index < -0.39 is 23.9 Å². The zero-order chi connectivity index (χ0) is 44.6. The number of nitrogens with one attached hydrogen (secondary N) is 8. The van der Waals surface area contributed by atoms with Gasteiger partial charge in [-0.05, 0) is 58.8 Å². The summed E-state index contributed by atoms with van der Waals surface area (Å²) in [6.45, 7) is 26.6. The predicted molar refractivity (Wildman–Crippen MR) is 227 cm³/mol. The Labute approximate surface area is 352 Å². The molecular weight excluding hydrogens is 764 g/mol. The Morgan fingerprint density at radius 3 is 1.64 bits per heavy atom. The van der Waals surface area contributed by atoms with Crippen LogP contribution in [0.3, 0.4) is 0 Å². The van der Waals surface area contributed by atoms with Gasteiger partial charge in [-0.2, -0.15) is 0 Å². The molecule has 4 atom stereocenters. The molecule has 0 aliphatic rings. The van der Waals surface area contributed by atoms with E-state index in [9.17, 15) is 28.8 Å². The van der Waals surface area contributed by atoms with Crippen molar-refractivity contribution in [1.82, 2.24) is 42.5 Å². The van der Waals surface area contributed by atoms with Crippen LogP contribution in [0.25, 0.3) is 0 Å². The summed E-state index contributed by atoms with van der Waals surface area (Å²) < 4.78 is 21.7. The van der Waals surface area contributed by atoms with Crippen LogP contribution in [0.4, 0.5) is 0 Å². The van der Waals surface area contributed by atoms with Crippen molar-refractivity contribution in [2.45, 2.75) is 98.8 Å². The van der Waals surface area contributed by atoms with Crippen LogP contribution < -0.4 is 42.5 Å². The Morgan fingerprint density at radius 1 is 0.542 bits per heavy atom. The molecule has 6 amide bonds. The number of hydrogen-bond donors (Lipinski definition) is 8. The second-order valence-corrected chi connectivity index (χ2v) is 15.4. The van der Waals surface area contributed by atoms with Gasteiger partial charge in [0.15, 0.2) is 0 Å². The minimum atomic E-state index is -0.895. The minimum absolute atomic E-state index is 0.0645. The van der Waals surface area contributed by atoms with E-state index in [1.165, 1.54) is 0 Å². The Hall–Kier alpha value is -3.94. The molecule has 0 saturated carbocycles. The summed E-state index contributed by atoms with van der Waals surface area (Å²) in [5.41, 5.74) is 0.855. The second-order valence-electron chi connectivity index (χ2n) is 15.4. The molecule has 8 N–H and O–H groups in total. The van der Waals surface area contributed by atoms with Crippen LogP contribution in [0.1, 0.15) is 74.7 Å². The molecule has 0 aliphatic heterocycles. The Bertz CT molecular complexity index is 1280. The molecule has 18 heteroatoms. The van der Waals surface area contributed by atoms with E-state index in [1.807, 2.05) is 20.8 Å². The molecule has 0 aromatic carbocycles. The zero-order valence-corrected chi connectivity index (χ0v) is 37.0. The standard InChI is InChI=1S/C41H76N8O10/c1-28(2)22-34(25-42-14-16-56-18-20-58-26-36(50)43-12-11-13-44-38(52)30(5)6)46-24-32(9)47-41(55)35(23-29(3)4)49-40(54)33(10)48-37(51)27-59-21-19-57-17-15-45-39(53)31(7)8/h28-29,32-35,42,46H,5,7,11-27H2,1-4,6,8-10H3,(H,43,50)(H,44,52)(H,45,53)(H,47,55)(H,48,51)(H,49,54). The summed E-state index contributed by atoms with van der Waals surface area (Å²) in [7, 11) is 0. The average molecular weight is 841 g/mol. The van der Waals surface area contributed by atoms with Crippen LogP contribution >= 0.6 is 0 Å². The molecular formula is C41H76N8O10. The Balaban J connectivity index is 4.46. The Kier molecular flexibility index (Phi) is 31.6. The lowest BCUT2D eigenvalue weighted by Gasteiger charge is -2.26. The van der Waals surface area contributed by atoms with Gasteiger partial charge >= 0.3 is 0 Å². The largest absolute Gasteiger partial charge is 0.378 e. The summed E-state index contributed by atoms with van der Waals surface area (Å²) in [5.74, 6) is -1.37. The van der Waals surface area contributed by atoms with E-state index in [4.69, 9.17) is 18.9 Å². The summed E-state index contributed by atoms with van der Waals surface area (Å²) >= 11 is 0. The molecule has 0 aromatic heterocycles. The first kappa shape index (κ1) is 55.1. The van der Waals surface area contributed by atoms with Crippen LogP contribution in [0.15, 0.2) is 24.3 Å². The third kappa shape index (κ3) is 31.6. The highest BCUT2D eigenvalue weighted by atomic mass is 16.5. The lowest BCUT2D eigenvalue weighted by molar-refractivity contribution is -0.133. The SMILES string of the molecule is C=C(C)C(=O)NCCCNC(=O)COCCOCCNCC(CC(C)C)NCC(C)NC(=O)C(CC(C)C)NC(=O)C(C)NC(=O)COCCOCCNC(=O)C(=C)C. The van der Waals surface area contributed by atoms with E-state index in [2.05, 4.69) is 69.5 Å². The molecule has 0 heterocycles. The molecule has 0 aliphatic carbocycles. The van der Waals surface area contributed by atoms with E-state index in [-0.39, 0.29) is 81.3 Å². The van der Waals surface area contributed by atoms with Gasteiger partial charge in [0.1, 0.15) is 25.3 Å². The van der Waals surface area contributed by atoms with Crippen molar-refractivity contribution in [2.75, 3.05) is 92.1 Å². The van der Waals surface area contributed by atoms with Crippen molar-refractivity contribution in [3.63, 3.8) is 0 Å². The molecule has 0 fully saturated rings. The van der Waals surface area contributed by atoms with Crippen molar-refractivity contribution < 1.29 is 47.7 Å². The van der Waals surface area contributed by atoms with Gasteiger partial charge in [0, 0.05) is 62.5 Å². The van der Waals surface area contributed by atoms with Crippen molar-refractivity contribution in [3.05, 3.63) is 24.3 Å².